The Labute approximate surface area is 234 Å². The molecule has 4 aromatic rings. The minimum atomic E-state index is -4.70. The average Bonchev–Trinajstić information content (AvgIpc) is 3.51. The number of ether oxygens (including phenoxy) is 1. The van der Waals surface area contributed by atoms with Gasteiger partial charge >= 0.3 is 11.9 Å². The van der Waals surface area contributed by atoms with Crippen molar-refractivity contribution in [3.63, 3.8) is 0 Å². The lowest BCUT2D eigenvalue weighted by molar-refractivity contribution is -0.274. The maximum Gasteiger partial charge on any atom is 0.438 e. The van der Waals surface area contributed by atoms with Crippen molar-refractivity contribution in [2.24, 2.45) is 0 Å². The van der Waals surface area contributed by atoms with Gasteiger partial charge in [0.25, 0.3) is 0 Å². The number of phenols is 2. The average molecular weight is 588 g/mol. The van der Waals surface area contributed by atoms with E-state index in [0.29, 0.717) is 49.2 Å². The summed E-state index contributed by atoms with van der Waals surface area (Å²) in [6.07, 6.45) is -2.53. The van der Waals surface area contributed by atoms with Gasteiger partial charge in [-0.25, -0.2) is 13.9 Å². The Morgan fingerprint density at radius 2 is 1.93 bits per heavy atom. The van der Waals surface area contributed by atoms with Gasteiger partial charge in [0.1, 0.15) is 11.9 Å². The fourth-order valence-corrected chi connectivity index (χ4v) is 6.67. The number of anilines is 1. The molecule has 10 nitrogen and oxygen atoms in total. The Balaban J connectivity index is 1.19. The van der Waals surface area contributed by atoms with Gasteiger partial charge in [-0.05, 0) is 74.4 Å². The van der Waals surface area contributed by atoms with Gasteiger partial charge in [0.05, 0.1) is 22.7 Å². The molecule has 42 heavy (non-hydrogen) atoms. The van der Waals surface area contributed by atoms with Crippen LogP contribution in [0.3, 0.4) is 0 Å². The van der Waals surface area contributed by atoms with Crippen molar-refractivity contribution in [1.82, 2.24) is 19.9 Å². The fourth-order valence-electron chi connectivity index (χ4n) is 6.67. The van der Waals surface area contributed by atoms with Crippen molar-refractivity contribution < 1.29 is 37.0 Å². The molecule has 1 atom stereocenters. The molecule has 0 spiro atoms. The van der Waals surface area contributed by atoms with Crippen LogP contribution >= 0.6 is 0 Å². The summed E-state index contributed by atoms with van der Waals surface area (Å²) in [7, 11) is 0. The highest BCUT2D eigenvalue weighted by Crippen LogP contribution is 2.70. The molecule has 220 valence electrons. The van der Waals surface area contributed by atoms with Gasteiger partial charge in [0.15, 0.2) is 23.0 Å². The first kappa shape index (κ1) is 26.6. The Kier molecular flexibility index (Phi) is 5.74. The number of hydrogen-bond donors (Lipinski definition) is 4. The lowest BCUT2D eigenvalue weighted by Crippen LogP contribution is -2.71. The monoisotopic (exact) mass is 587 g/mol. The predicted octanol–water partition coefficient (Wildman–Crippen LogP) is 5.00. The third-order valence-electron chi connectivity index (χ3n) is 8.52. The van der Waals surface area contributed by atoms with Crippen LogP contribution in [-0.4, -0.2) is 35.7 Å². The lowest BCUT2D eigenvalue weighted by atomic mass is 9.40. The molecule has 0 aliphatic heterocycles. The predicted molar refractivity (Wildman–Crippen MR) is 138 cm³/mol. The molecule has 2 bridgehead atoms. The van der Waals surface area contributed by atoms with E-state index < -0.39 is 35.1 Å². The summed E-state index contributed by atoms with van der Waals surface area (Å²) in [6, 6.07) is 8.05. The van der Waals surface area contributed by atoms with Crippen LogP contribution in [0.2, 0.25) is 0 Å². The number of halogens is 4. The Morgan fingerprint density at radius 1 is 1.14 bits per heavy atom. The van der Waals surface area contributed by atoms with Crippen molar-refractivity contribution in [2.75, 3.05) is 5.32 Å². The molecule has 8 rings (SSSR count). The van der Waals surface area contributed by atoms with Crippen LogP contribution in [0, 0.1) is 5.82 Å². The number of nitrogens with one attached hydrogen (secondary N) is 2. The zero-order valence-electron chi connectivity index (χ0n) is 22.0. The van der Waals surface area contributed by atoms with E-state index in [1.807, 2.05) is 0 Å². The number of nitrogens with zero attached hydrogens (tertiary/aromatic N) is 3. The molecule has 4 N–H and O–H groups in total. The van der Waals surface area contributed by atoms with E-state index >= 15 is 0 Å². The summed E-state index contributed by atoms with van der Waals surface area (Å²) in [5.74, 6) is -1.44. The molecule has 4 aliphatic carbocycles. The van der Waals surface area contributed by atoms with Gasteiger partial charge in [0.2, 0.25) is 0 Å². The third-order valence-corrected chi connectivity index (χ3v) is 8.52. The van der Waals surface area contributed by atoms with Crippen LogP contribution in [0.15, 0.2) is 45.7 Å². The Hall–Kier alpha value is -4.33. The summed E-state index contributed by atoms with van der Waals surface area (Å²) in [5.41, 5.74) is -0.731. The second kappa shape index (κ2) is 9.08. The van der Waals surface area contributed by atoms with E-state index in [0.717, 1.165) is 6.07 Å². The van der Waals surface area contributed by atoms with Crippen LogP contribution in [0.25, 0.3) is 5.69 Å². The normalized spacial score (nSPS) is 24.5. The van der Waals surface area contributed by atoms with Crippen molar-refractivity contribution in [3.05, 3.63) is 81.1 Å². The zero-order valence-corrected chi connectivity index (χ0v) is 22.0. The number of phenolic OH excluding ortho intramolecular Hbond substituents is 2. The molecule has 2 aromatic carbocycles. The van der Waals surface area contributed by atoms with Gasteiger partial charge in [-0.15, -0.1) is 0 Å². The second-order valence-corrected chi connectivity index (χ2v) is 11.4. The number of fused-ring (bicyclic) bond motifs is 1. The minimum absolute atomic E-state index is 0.0223. The number of alkyl halides is 3. The molecule has 3 fully saturated rings. The summed E-state index contributed by atoms with van der Waals surface area (Å²) in [4.78, 5) is 14.0. The van der Waals surface area contributed by atoms with E-state index in [9.17, 15) is 32.6 Å². The fraction of sp³-hybridized carbons (Fsp3) is 0.393. The molecule has 14 heteroatoms. The van der Waals surface area contributed by atoms with Crippen molar-refractivity contribution in [1.29, 1.82) is 0 Å². The highest BCUT2D eigenvalue weighted by molar-refractivity contribution is 5.54. The van der Waals surface area contributed by atoms with E-state index in [-0.39, 0.29) is 46.8 Å². The summed E-state index contributed by atoms with van der Waals surface area (Å²) < 4.78 is 69.5. The van der Waals surface area contributed by atoms with Gasteiger partial charge in [-0.2, -0.15) is 18.3 Å². The maximum atomic E-state index is 14.8. The lowest BCUT2D eigenvalue weighted by Gasteiger charge is -2.69. The van der Waals surface area contributed by atoms with Gasteiger partial charge < -0.3 is 20.3 Å². The smallest absolute Gasteiger partial charge is 0.438 e. The number of hydrogen-bond acceptors (Lipinski definition) is 8. The van der Waals surface area contributed by atoms with E-state index in [2.05, 4.69) is 25.1 Å². The summed E-state index contributed by atoms with van der Waals surface area (Å²) >= 11 is 0. The minimum Gasteiger partial charge on any atom is -0.504 e. The molecule has 0 amide bonds. The number of aromatic hydroxyl groups is 2. The number of benzene rings is 2. The van der Waals surface area contributed by atoms with Crippen LogP contribution in [0.5, 0.6) is 11.5 Å². The van der Waals surface area contributed by atoms with Gasteiger partial charge in [0, 0.05) is 17.5 Å². The Morgan fingerprint density at radius 3 is 2.62 bits per heavy atom. The SMILES string of the molecule is O=c1[nH]c(C23CC(O[C@H]4CCCc5c(C(F)(F)F)nn(-c6ccc(F)c(NCc7ccc(O)c(O)c7)c6)c54)(C2)C3)no1. The molecule has 2 heterocycles. The molecular formula is C28H25F4N5O5. The number of aromatic nitrogens is 4. The number of aromatic amines is 1. The highest BCUT2D eigenvalue weighted by Gasteiger charge is 2.72. The molecular weight excluding hydrogens is 562 g/mol. The maximum absolute atomic E-state index is 14.8. The first-order chi connectivity index (χ1) is 20.0. The van der Waals surface area contributed by atoms with Crippen LogP contribution in [0.4, 0.5) is 23.2 Å². The van der Waals surface area contributed by atoms with Crippen molar-refractivity contribution in [3.8, 4) is 17.2 Å². The number of rotatable bonds is 7. The van der Waals surface area contributed by atoms with Crippen LogP contribution < -0.4 is 11.1 Å². The van der Waals surface area contributed by atoms with Crippen LogP contribution in [0.1, 0.15) is 66.5 Å². The topological polar surface area (TPSA) is 138 Å². The first-order valence-corrected chi connectivity index (χ1v) is 13.4. The quantitative estimate of drug-likeness (QED) is 0.175. The number of H-pyrrole nitrogens is 1. The third kappa shape index (κ3) is 4.23. The van der Waals surface area contributed by atoms with Crippen molar-refractivity contribution >= 4 is 5.69 Å². The molecule has 0 unspecified atom stereocenters. The standard InChI is InChI=1S/C28H25F4N5O5/c29-17-6-5-15(9-18(17)33-10-14-4-7-19(38)20(39)8-14)37-22-16(23(35-37)28(30,31)32)2-1-3-21(22)41-27-11-26(12-27,13-27)24-34-25(40)42-36-24/h4-9,21,33,38-39H,1-3,10-13H2,(H,34,36,40)/t21-,26?,27?/m0/s1. The molecule has 2 aromatic heterocycles. The van der Waals surface area contributed by atoms with Gasteiger partial charge in [-0.1, -0.05) is 11.2 Å². The summed E-state index contributed by atoms with van der Waals surface area (Å²) in [5, 5.41) is 29.9. The van der Waals surface area contributed by atoms with E-state index in [4.69, 9.17) is 4.74 Å². The second-order valence-electron chi connectivity index (χ2n) is 11.4. The zero-order chi connectivity index (χ0) is 29.4. The highest BCUT2D eigenvalue weighted by atomic mass is 19.4. The van der Waals surface area contributed by atoms with Crippen LogP contribution in [-0.2, 0) is 29.3 Å². The largest absolute Gasteiger partial charge is 0.504 e. The molecule has 3 saturated carbocycles. The van der Waals surface area contributed by atoms with Gasteiger partial charge in [-0.3, -0.25) is 9.51 Å². The molecule has 4 aliphatic rings. The van der Waals surface area contributed by atoms with E-state index in [1.54, 1.807) is 6.07 Å². The van der Waals surface area contributed by atoms with E-state index in [1.165, 1.54) is 28.9 Å². The molecule has 0 radical (unpaired) electrons. The van der Waals surface area contributed by atoms with Crippen molar-refractivity contribution in [2.45, 2.75) is 68.4 Å². The Bertz CT molecular complexity index is 1740. The molecule has 0 saturated heterocycles. The summed E-state index contributed by atoms with van der Waals surface area (Å²) in [6.45, 7) is 0.0754. The first-order valence-electron chi connectivity index (χ1n) is 13.4.